The third-order valence-corrected chi connectivity index (χ3v) is 1.18. The van der Waals surface area contributed by atoms with Gasteiger partial charge in [0.05, 0.1) is 12.2 Å². The Bertz CT molecular complexity index is 108. The van der Waals surface area contributed by atoms with Crippen LogP contribution in [0.1, 0.15) is 33.6 Å². The first-order chi connectivity index (χ1) is 5.45. The Labute approximate surface area is 73.0 Å². The minimum atomic E-state index is -0.778. The first kappa shape index (κ1) is 11.8. The van der Waals surface area contributed by atoms with Crippen molar-refractivity contribution in [3.05, 3.63) is 0 Å². The standard InChI is InChI=1S/C8H18O4/c1-8(2,3)12-7(9)5-4-6-11-10/h7,9-10H,4-6H2,1-3H3. The second-order valence-corrected chi connectivity index (χ2v) is 3.66. The molecule has 0 aromatic carbocycles. The molecule has 4 heteroatoms. The molecule has 0 rings (SSSR count). The van der Waals surface area contributed by atoms with Crippen LogP contribution in [0.5, 0.6) is 0 Å². The molecule has 0 aliphatic rings. The molecule has 0 saturated carbocycles. The summed E-state index contributed by atoms with van der Waals surface area (Å²) in [6, 6.07) is 0. The molecule has 4 nitrogen and oxygen atoms in total. The fourth-order valence-electron chi connectivity index (χ4n) is 0.790. The van der Waals surface area contributed by atoms with Gasteiger partial charge in [0.15, 0.2) is 6.29 Å². The van der Waals surface area contributed by atoms with Crippen molar-refractivity contribution in [2.75, 3.05) is 6.61 Å². The summed E-state index contributed by atoms with van der Waals surface area (Å²) < 4.78 is 5.20. The van der Waals surface area contributed by atoms with Crippen molar-refractivity contribution in [2.24, 2.45) is 0 Å². The van der Waals surface area contributed by atoms with Crippen molar-refractivity contribution in [1.29, 1.82) is 0 Å². The highest BCUT2D eigenvalue weighted by Crippen LogP contribution is 2.12. The van der Waals surface area contributed by atoms with Crippen LogP contribution in [0.15, 0.2) is 0 Å². The Morgan fingerprint density at radius 2 is 1.92 bits per heavy atom. The van der Waals surface area contributed by atoms with Gasteiger partial charge in [0.2, 0.25) is 0 Å². The van der Waals surface area contributed by atoms with Crippen LogP contribution in [0.4, 0.5) is 0 Å². The molecule has 0 radical (unpaired) electrons. The minimum absolute atomic E-state index is 0.227. The average Bonchev–Trinajstić information content (AvgIpc) is 1.84. The summed E-state index contributed by atoms with van der Waals surface area (Å²) in [5.74, 6) is 0. The molecule has 0 aromatic rings. The van der Waals surface area contributed by atoms with Gasteiger partial charge in [-0.05, 0) is 27.2 Å². The van der Waals surface area contributed by atoms with Gasteiger partial charge in [0.25, 0.3) is 0 Å². The normalized spacial score (nSPS) is 14.8. The molecular formula is C8H18O4. The Morgan fingerprint density at radius 3 is 2.33 bits per heavy atom. The van der Waals surface area contributed by atoms with Crippen molar-refractivity contribution >= 4 is 0 Å². The number of rotatable bonds is 5. The van der Waals surface area contributed by atoms with E-state index >= 15 is 0 Å². The monoisotopic (exact) mass is 178 g/mol. The molecule has 74 valence electrons. The van der Waals surface area contributed by atoms with Gasteiger partial charge < -0.3 is 9.84 Å². The molecule has 0 aliphatic carbocycles. The van der Waals surface area contributed by atoms with E-state index in [0.29, 0.717) is 12.8 Å². The zero-order chi connectivity index (χ0) is 9.61. The van der Waals surface area contributed by atoms with Gasteiger partial charge in [-0.15, -0.1) is 0 Å². The van der Waals surface area contributed by atoms with Crippen LogP contribution >= 0.6 is 0 Å². The van der Waals surface area contributed by atoms with Crippen LogP contribution in [0, 0.1) is 0 Å². The van der Waals surface area contributed by atoms with E-state index in [-0.39, 0.29) is 12.2 Å². The van der Waals surface area contributed by atoms with E-state index in [1.807, 2.05) is 20.8 Å². The molecule has 0 amide bonds. The molecule has 0 fully saturated rings. The molecule has 0 aromatic heterocycles. The lowest BCUT2D eigenvalue weighted by molar-refractivity contribution is -0.246. The summed E-state index contributed by atoms with van der Waals surface area (Å²) in [7, 11) is 0. The highest BCUT2D eigenvalue weighted by Gasteiger charge is 2.15. The highest BCUT2D eigenvalue weighted by atomic mass is 17.1. The van der Waals surface area contributed by atoms with Crippen molar-refractivity contribution in [3.8, 4) is 0 Å². The van der Waals surface area contributed by atoms with Gasteiger partial charge in [-0.2, -0.15) is 0 Å². The molecule has 2 N–H and O–H groups in total. The van der Waals surface area contributed by atoms with Crippen LogP contribution < -0.4 is 0 Å². The second kappa shape index (κ2) is 5.48. The van der Waals surface area contributed by atoms with Gasteiger partial charge in [-0.3, -0.25) is 5.26 Å². The van der Waals surface area contributed by atoms with Gasteiger partial charge in [-0.25, -0.2) is 4.89 Å². The zero-order valence-corrected chi connectivity index (χ0v) is 7.91. The number of aliphatic hydroxyl groups excluding tert-OH is 1. The maximum atomic E-state index is 9.25. The van der Waals surface area contributed by atoms with Crippen molar-refractivity contribution in [3.63, 3.8) is 0 Å². The minimum Gasteiger partial charge on any atom is -0.368 e. The van der Waals surface area contributed by atoms with Crippen LogP contribution in [-0.2, 0) is 9.62 Å². The molecule has 0 bridgehead atoms. The van der Waals surface area contributed by atoms with Gasteiger partial charge in [-0.1, -0.05) is 0 Å². The summed E-state index contributed by atoms with van der Waals surface area (Å²) in [4.78, 5) is 3.86. The molecule has 1 atom stereocenters. The molecule has 0 saturated heterocycles. The molecule has 0 heterocycles. The lowest BCUT2D eigenvalue weighted by atomic mass is 10.2. The van der Waals surface area contributed by atoms with E-state index in [4.69, 9.17) is 9.99 Å². The van der Waals surface area contributed by atoms with Crippen molar-refractivity contribution in [2.45, 2.75) is 45.5 Å². The average molecular weight is 178 g/mol. The molecule has 12 heavy (non-hydrogen) atoms. The van der Waals surface area contributed by atoms with Crippen LogP contribution in [0.2, 0.25) is 0 Å². The van der Waals surface area contributed by atoms with Crippen molar-refractivity contribution in [1.82, 2.24) is 0 Å². The van der Waals surface area contributed by atoms with Gasteiger partial charge >= 0.3 is 0 Å². The first-order valence-electron chi connectivity index (χ1n) is 4.08. The maximum absolute atomic E-state index is 9.25. The topological polar surface area (TPSA) is 58.9 Å². The summed E-state index contributed by atoms with van der Waals surface area (Å²) in [6.45, 7) is 5.85. The summed E-state index contributed by atoms with van der Waals surface area (Å²) in [5, 5.41) is 17.2. The number of hydrogen-bond donors (Lipinski definition) is 2. The Balaban J connectivity index is 3.40. The fourth-order valence-corrected chi connectivity index (χ4v) is 0.790. The lowest BCUT2D eigenvalue weighted by Gasteiger charge is -2.23. The number of aliphatic hydroxyl groups is 1. The van der Waals surface area contributed by atoms with Crippen LogP contribution in [-0.4, -0.2) is 28.9 Å². The Kier molecular flexibility index (Phi) is 5.41. The predicted molar refractivity (Wildman–Crippen MR) is 44.7 cm³/mol. The molecule has 0 aliphatic heterocycles. The predicted octanol–water partition coefficient (Wildman–Crippen LogP) is 1.39. The van der Waals surface area contributed by atoms with E-state index in [1.165, 1.54) is 0 Å². The lowest BCUT2D eigenvalue weighted by Crippen LogP contribution is -2.27. The summed E-state index contributed by atoms with van der Waals surface area (Å²) in [6.07, 6.45) is 0.270. The summed E-state index contributed by atoms with van der Waals surface area (Å²) >= 11 is 0. The fraction of sp³-hybridized carbons (Fsp3) is 1.00. The Hall–Kier alpha value is -0.160. The molecular weight excluding hydrogens is 160 g/mol. The quantitative estimate of drug-likeness (QED) is 0.289. The first-order valence-corrected chi connectivity index (χ1v) is 4.08. The third-order valence-electron chi connectivity index (χ3n) is 1.18. The number of hydrogen-bond acceptors (Lipinski definition) is 4. The van der Waals surface area contributed by atoms with E-state index in [1.54, 1.807) is 0 Å². The maximum Gasteiger partial charge on any atom is 0.155 e. The largest absolute Gasteiger partial charge is 0.368 e. The van der Waals surface area contributed by atoms with Crippen LogP contribution in [0.25, 0.3) is 0 Å². The third kappa shape index (κ3) is 7.94. The van der Waals surface area contributed by atoms with E-state index in [0.717, 1.165) is 0 Å². The molecule has 1 unspecified atom stereocenters. The highest BCUT2D eigenvalue weighted by molar-refractivity contribution is 4.60. The Morgan fingerprint density at radius 1 is 1.33 bits per heavy atom. The smallest absolute Gasteiger partial charge is 0.155 e. The number of ether oxygens (including phenoxy) is 1. The van der Waals surface area contributed by atoms with Gasteiger partial charge in [0, 0.05) is 6.42 Å². The molecule has 0 spiro atoms. The zero-order valence-electron chi connectivity index (χ0n) is 7.91. The van der Waals surface area contributed by atoms with Gasteiger partial charge in [0.1, 0.15) is 0 Å². The SMILES string of the molecule is CC(C)(C)OC(O)CCCOO. The van der Waals surface area contributed by atoms with Crippen LogP contribution in [0.3, 0.4) is 0 Å². The van der Waals surface area contributed by atoms with E-state index in [2.05, 4.69) is 4.89 Å². The second-order valence-electron chi connectivity index (χ2n) is 3.66. The summed E-state index contributed by atoms with van der Waals surface area (Å²) in [5.41, 5.74) is -0.334. The van der Waals surface area contributed by atoms with E-state index < -0.39 is 6.29 Å². The van der Waals surface area contributed by atoms with E-state index in [9.17, 15) is 5.11 Å². The van der Waals surface area contributed by atoms with Crippen molar-refractivity contribution < 1.29 is 20.0 Å².